The Morgan fingerprint density at radius 3 is 2.61 bits per heavy atom. The fourth-order valence-corrected chi connectivity index (χ4v) is 2.21. The highest BCUT2D eigenvalue weighted by molar-refractivity contribution is 6.12. The lowest BCUT2D eigenvalue weighted by Crippen LogP contribution is -1.91. The fraction of sp³-hybridized carbons (Fsp3) is 0. The summed E-state index contributed by atoms with van der Waals surface area (Å²) in [5.74, 6) is -0.253. The average Bonchev–Trinajstić information content (AvgIpc) is 2.77. The fourth-order valence-electron chi connectivity index (χ4n) is 2.21. The van der Waals surface area contributed by atoms with Gasteiger partial charge in [-0.15, -0.1) is 0 Å². The van der Waals surface area contributed by atoms with E-state index in [1.165, 1.54) is 0 Å². The topological polar surface area (TPSA) is 76.0 Å². The molecule has 0 spiro atoms. The number of H-pyrrole nitrogens is 1. The van der Waals surface area contributed by atoms with Gasteiger partial charge in [0.25, 0.3) is 0 Å². The molecule has 0 amide bonds. The molecule has 0 radical (unpaired) electrons. The second-order valence-electron chi connectivity index (χ2n) is 3.97. The molecular weight excluding hydrogens is 232 g/mol. The minimum atomic E-state index is -0.571. The van der Waals surface area contributed by atoms with Crippen molar-refractivity contribution in [3.63, 3.8) is 0 Å². The van der Waals surface area contributed by atoms with Crippen molar-refractivity contribution in [2.24, 2.45) is 0 Å². The van der Waals surface area contributed by atoms with Crippen molar-refractivity contribution in [1.82, 2.24) is 4.98 Å². The van der Waals surface area contributed by atoms with Gasteiger partial charge in [-0.3, -0.25) is 4.79 Å². The summed E-state index contributed by atoms with van der Waals surface area (Å²) in [4.78, 5) is 24.1. The summed E-state index contributed by atoms with van der Waals surface area (Å²) >= 11 is 0. The quantitative estimate of drug-likeness (QED) is 0.425. The van der Waals surface area contributed by atoms with Gasteiger partial charge in [0.05, 0.1) is 0 Å². The highest BCUT2D eigenvalue weighted by Crippen LogP contribution is 2.31. The summed E-state index contributed by atoms with van der Waals surface area (Å²) in [6.07, 6.45) is 0.520. The molecule has 0 unspecified atom stereocenters. The van der Waals surface area contributed by atoms with Gasteiger partial charge in [-0.05, 0) is 16.4 Å². The number of benzene rings is 2. The number of hydrogen-bond acceptors (Lipinski definition) is 3. The van der Waals surface area contributed by atoms with E-state index in [9.17, 15) is 14.9 Å². The van der Waals surface area contributed by atoms with Crippen LogP contribution in [0.5, 0.6) is 0 Å². The predicted molar refractivity (Wildman–Crippen MR) is 67.8 cm³/mol. The van der Waals surface area contributed by atoms with Gasteiger partial charge in [0.1, 0.15) is 11.1 Å². The maximum atomic E-state index is 11.0. The Hall–Kier alpha value is -2.69. The minimum absolute atomic E-state index is 0.0979. The molecule has 0 atom stereocenters. The van der Waals surface area contributed by atoms with E-state index in [-0.39, 0.29) is 11.4 Å². The number of carbonyl (C=O) groups excluding carboxylic acids is 1. The summed E-state index contributed by atoms with van der Waals surface area (Å²) in [5, 5.41) is 13.3. The van der Waals surface area contributed by atoms with Crippen molar-refractivity contribution in [3.8, 4) is 0 Å². The SMILES string of the molecule is O=Cc1c([N+](=O)[O-])[nH]c2c1ccc1ccccc12. The van der Waals surface area contributed by atoms with Crippen molar-refractivity contribution >= 4 is 33.8 Å². The van der Waals surface area contributed by atoms with Crippen LogP contribution in [-0.4, -0.2) is 16.2 Å². The first-order chi connectivity index (χ1) is 8.72. The van der Waals surface area contributed by atoms with Gasteiger partial charge in [-0.2, -0.15) is 0 Å². The molecule has 5 heteroatoms. The van der Waals surface area contributed by atoms with Crippen LogP contribution in [0.1, 0.15) is 10.4 Å². The summed E-state index contributed by atoms with van der Waals surface area (Å²) in [7, 11) is 0. The number of hydrogen-bond donors (Lipinski definition) is 1. The van der Waals surface area contributed by atoms with Crippen LogP contribution in [0.2, 0.25) is 0 Å². The molecule has 0 aliphatic rings. The van der Waals surface area contributed by atoms with Crippen molar-refractivity contribution in [2.75, 3.05) is 0 Å². The number of aromatic amines is 1. The lowest BCUT2D eigenvalue weighted by Gasteiger charge is -1.96. The Morgan fingerprint density at radius 1 is 1.11 bits per heavy atom. The molecule has 0 saturated heterocycles. The summed E-state index contributed by atoms with van der Waals surface area (Å²) < 4.78 is 0. The molecule has 3 rings (SSSR count). The smallest absolute Gasteiger partial charge is 0.332 e. The molecule has 5 nitrogen and oxygen atoms in total. The van der Waals surface area contributed by atoms with E-state index >= 15 is 0 Å². The highest BCUT2D eigenvalue weighted by atomic mass is 16.6. The number of carbonyl (C=O) groups is 1. The van der Waals surface area contributed by atoms with Gasteiger partial charge in [0.15, 0.2) is 6.29 Å². The van der Waals surface area contributed by atoms with Crippen LogP contribution in [0.3, 0.4) is 0 Å². The normalized spacial score (nSPS) is 10.9. The number of fused-ring (bicyclic) bond motifs is 3. The first-order valence-electron chi connectivity index (χ1n) is 5.35. The van der Waals surface area contributed by atoms with Gasteiger partial charge in [0, 0.05) is 10.8 Å². The lowest BCUT2D eigenvalue weighted by molar-refractivity contribution is -0.389. The third-order valence-electron chi connectivity index (χ3n) is 3.02. The highest BCUT2D eigenvalue weighted by Gasteiger charge is 2.20. The first-order valence-corrected chi connectivity index (χ1v) is 5.35. The number of aldehydes is 1. The zero-order valence-electron chi connectivity index (χ0n) is 9.21. The number of nitrogens with one attached hydrogen (secondary N) is 1. The van der Waals surface area contributed by atoms with E-state index in [1.807, 2.05) is 30.3 Å². The van der Waals surface area contributed by atoms with Gasteiger partial charge in [0.2, 0.25) is 0 Å². The monoisotopic (exact) mass is 240 g/mol. The van der Waals surface area contributed by atoms with Crippen molar-refractivity contribution in [3.05, 3.63) is 52.1 Å². The molecule has 0 aliphatic heterocycles. The molecule has 0 aliphatic carbocycles. The Labute approximate surface area is 101 Å². The zero-order chi connectivity index (χ0) is 12.7. The second-order valence-corrected chi connectivity index (χ2v) is 3.97. The lowest BCUT2D eigenvalue weighted by atomic mass is 10.1. The predicted octanol–water partition coefficient (Wildman–Crippen LogP) is 3.04. The van der Waals surface area contributed by atoms with E-state index < -0.39 is 4.92 Å². The third kappa shape index (κ3) is 1.31. The third-order valence-corrected chi connectivity index (χ3v) is 3.02. The molecule has 0 fully saturated rings. The van der Waals surface area contributed by atoms with Crippen LogP contribution in [0.15, 0.2) is 36.4 Å². The number of aromatic nitrogens is 1. The summed E-state index contributed by atoms with van der Waals surface area (Å²) in [5.41, 5.74) is 0.725. The van der Waals surface area contributed by atoms with Crippen LogP contribution >= 0.6 is 0 Å². The van der Waals surface area contributed by atoms with Crippen LogP contribution in [0.25, 0.3) is 21.7 Å². The molecule has 3 aromatic rings. The van der Waals surface area contributed by atoms with Gasteiger partial charge in [-0.25, -0.2) is 4.98 Å². The summed E-state index contributed by atoms with van der Waals surface area (Å²) in [6, 6.07) is 11.1. The summed E-state index contributed by atoms with van der Waals surface area (Å²) in [6.45, 7) is 0. The Morgan fingerprint density at radius 2 is 1.89 bits per heavy atom. The molecule has 88 valence electrons. The molecule has 0 bridgehead atoms. The molecule has 1 aromatic heterocycles. The maximum Gasteiger partial charge on any atom is 0.332 e. The minimum Gasteiger partial charge on any atom is -0.358 e. The Kier molecular flexibility index (Phi) is 2.13. The van der Waals surface area contributed by atoms with Crippen LogP contribution in [0, 0.1) is 10.1 Å². The van der Waals surface area contributed by atoms with E-state index in [1.54, 1.807) is 6.07 Å². The van der Waals surface area contributed by atoms with E-state index in [2.05, 4.69) is 4.98 Å². The van der Waals surface area contributed by atoms with E-state index in [4.69, 9.17) is 0 Å². The molecule has 18 heavy (non-hydrogen) atoms. The van der Waals surface area contributed by atoms with Crippen molar-refractivity contribution in [1.29, 1.82) is 0 Å². The zero-order valence-corrected chi connectivity index (χ0v) is 9.21. The second kappa shape index (κ2) is 3.66. The molecule has 1 heterocycles. The van der Waals surface area contributed by atoms with Gasteiger partial charge < -0.3 is 10.1 Å². The number of nitro groups is 1. The van der Waals surface area contributed by atoms with Crippen molar-refractivity contribution in [2.45, 2.75) is 0 Å². The van der Waals surface area contributed by atoms with E-state index in [0.717, 1.165) is 10.8 Å². The Bertz CT molecular complexity index is 789. The van der Waals surface area contributed by atoms with Crippen molar-refractivity contribution < 1.29 is 9.72 Å². The van der Waals surface area contributed by atoms with Crippen LogP contribution in [0.4, 0.5) is 5.82 Å². The van der Waals surface area contributed by atoms with E-state index in [0.29, 0.717) is 17.2 Å². The standard InChI is InChI=1S/C13H8N2O3/c16-7-11-10-6-5-8-3-1-2-4-9(8)12(10)14-13(11)15(17)18/h1-7,14H. The molecule has 0 saturated carbocycles. The largest absolute Gasteiger partial charge is 0.358 e. The van der Waals surface area contributed by atoms with Gasteiger partial charge in [-0.1, -0.05) is 30.3 Å². The van der Waals surface area contributed by atoms with Crippen LogP contribution in [-0.2, 0) is 0 Å². The number of rotatable bonds is 2. The maximum absolute atomic E-state index is 11.0. The number of nitrogens with zero attached hydrogens (tertiary/aromatic N) is 1. The first kappa shape index (κ1) is 10.5. The average molecular weight is 240 g/mol. The van der Waals surface area contributed by atoms with Gasteiger partial charge >= 0.3 is 5.82 Å². The molecular formula is C13H8N2O3. The Balaban J connectivity index is 2.53. The van der Waals surface area contributed by atoms with Crippen LogP contribution < -0.4 is 0 Å². The molecule has 1 N–H and O–H groups in total. The molecule has 2 aromatic carbocycles.